The highest BCUT2D eigenvalue weighted by molar-refractivity contribution is 9.11. The first kappa shape index (κ1) is 14.9. The maximum absolute atomic E-state index is 12.1. The summed E-state index contributed by atoms with van der Waals surface area (Å²) in [4.78, 5) is 14.4. The Hall–Kier alpha value is -1.45. The summed E-state index contributed by atoms with van der Waals surface area (Å²) in [6, 6.07) is 4.13. The standard InChI is InChI=1S/C11H9BrN2O4S2/c1-6-4-9(19-10(6)12)20(17,18)14-8-3-2-7(5-13-8)11(15)16/h2-5H,1H3,(H,13,14)(H,15,16). The van der Waals surface area contributed by atoms with Crippen molar-refractivity contribution in [3.63, 3.8) is 0 Å². The SMILES string of the molecule is Cc1cc(S(=O)(=O)Nc2ccc(C(=O)O)cn2)sc1Br. The number of aryl methyl sites for hydroxylation is 1. The molecule has 20 heavy (non-hydrogen) atoms. The largest absolute Gasteiger partial charge is 0.478 e. The molecule has 2 N–H and O–H groups in total. The van der Waals surface area contributed by atoms with Gasteiger partial charge in [0.15, 0.2) is 0 Å². The van der Waals surface area contributed by atoms with Crippen LogP contribution >= 0.6 is 27.3 Å². The summed E-state index contributed by atoms with van der Waals surface area (Å²) in [7, 11) is -3.72. The minimum Gasteiger partial charge on any atom is -0.478 e. The number of hydrogen-bond donors (Lipinski definition) is 2. The van der Waals surface area contributed by atoms with Gasteiger partial charge in [-0.15, -0.1) is 11.3 Å². The monoisotopic (exact) mass is 376 g/mol. The summed E-state index contributed by atoms with van der Waals surface area (Å²) in [6.07, 6.45) is 1.09. The molecule has 0 saturated heterocycles. The van der Waals surface area contributed by atoms with Gasteiger partial charge < -0.3 is 5.11 Å². The van der Waals surface area contributed by atoms with E-state index >= 15 is 0 Å². The van der Waals surface area contributed by atoms with Crippen molar-refractivity contribution in [1.29, 1.82) is 0 Å². The Morgan fingerprint density at radius 1 is 1.45 bits per heavy atom. The molecule has 2 aromatic rings. The van der Waals surface area contributed by atoms with Crippen molar-refractivity contribution >= 4 is 49.1 Å². The second kappa shape index (κ2) is 5.51. The predicted molar refractivity (Wildman–Crippen MR) is 78.8 cm³/mol. The number of carboxylic acids is 1. The lowest BCUT2D eigenvalue weighted by molar-refractivity contribution is 0.0696. The number of thiophene rings is 1. The number of sulfonamides is 1. The van der Waals surface area contributed by atoms with Crippen LogP contribution in [0.4, 0.5) is 5.82 Å². The van der Waals surface area contributed by atoms with Gasteiger partial charge in [0.25, 0.3) is 10.0 Å². The second-order valence-corrected chi connectivity index (χ2v) is 8.14. The van der Waals surface area contributed by atoms with Crippen LogP contribution in [0.25, 0.3) is 0 Å². The number of nitrogens with zero attached hydrogens (tertiary/aromatic N) is 1. The van der Waals surface area contributed by atoms with E-state index in [1.54, 1.807) is 13.0 Å². The maximum Gasteiger partial charge on any atom is 0.337 e. The van der Waals surface area contributed by atoms with Crippen LogP contribution in [0.15, 0.2) is 32.4 Å². The molecule has 106 valence electrons. The number of pyridine rings is 1. The molecule has 0 aliphatic rings. The lowest BCUT2D eigenvalue weighted by Crippen LogP contribution is -2.12. The molecule has 0 radical (unpaired) electrons. The molecule has 6 nitrogen and oxygen atoms in total. The topological polar surface area (TPSA) is 96.4 Å². The molecule has 0 amide bonds. The quantitative estimate of drug-likeness (QED) is 0.854. The molecule has 0 saturated carbocycles. The number of aromatic nitrogens is 1. The summed E-state index contributed by atoms with van der Waals surface area (Å²) in [5.41, 5.74) is 0.812. The molecule has 0 spiro atoms. The van der Waals surface area contributed by atoms with Crippen LogP contribution in [0, 0.1) is 6.92 Å². The van der Waals surface area contributed by atoms with Crippen LogP contribution in [-0.4, -0.2) is 24.5 Å². The zero-order valence-electron chi connectivity index (χ0n) is 10.1. The van der Waals surface area contributed by atoms with Crippen LogP contribution in [-0.2, 0) is 10.0 Å². The molecular formula is C11H9BrN2O4S2. The van der Waals surface area contributed by atoms with Gasteiger partial charge in [0, 0.05) is 6.20 Å². The number of nitrogens with one attached hydrogen (secondary N) is 1. The maximum atomic E-state index is 12.1. The van der Waals surface area contributed by atoms with Gasteiger partial charge in [0.1, 0.15) is 10.0 Å². The lowest BCUT2D eigenvalue weighted by Gasteiger charge is -2.05. The first-order chi connectivity index (χ1) is 9.29. The van der Waals surface area contributed by atoms with Crippen LogP contribution in [0.5, 0.6) is 0 Å². The van der Waals surface area contributed by atoms with E-state index in [0.29, 0.717) is 0 Å². The van der Waals surface area contributed by atoms with Crippen molar-refractivity contribution in [2.75, 3.05) is 4.72 Å². The molecule has 0 aromatic carbocycles. The number of aromatic carboxylic acids is 1. The van der Waals surface area contributed by atoms with E-state index in [9.17, 15) is 13.2 Å². The van der Waals surface area contributed by atoms with Gasteiger partial charge in [-0.25, -0.2) is 18.2 Å². The summed E-state index contributed by atoms with van der Waals surface area (Å²) >= 11 is 4.36. The Morgan fingerprint density at radius 2 is 2.15 bits per heavy atom. The fourth-order valence-electron chi connectivity index (χ4n) is 1.33. The molecule has 2 heterocycles. The van der Waals surface area contributed by atoms with E-state index in [0.717, 1.165) is 26.9 Å². The second-order valence-electron chi connectivity index (χ2n) is 3.86. The normalized spacial score (nSPS) is 11.3. The Labute approximate surface area is 127 Å². The van der Waals surface area contributed by atoms with Gasteiger partial charge in [-0.2, -0.15) is 0 Å². The van der Waals surface area contributed by atoms with Crippen molar-refractivity contribution in [3.05, 3.63) is 39.3 Å². The summed E-state index contributed by atoms with van der Waals surface area (Å²) in [5, 5.41) is 8.74. The zero-order chi connectivity index (χ0) is 14.9. The number of rotatable bonds is 4. The van der Waals surface area contributed by atoms with Crippen LogP contribution < -0.4 is 4.72 Å². The predicted octanol–water partition coefficient (Wildman–Crippen LogP) is 2.71. The molecule has 0 unspecified atom stereocenters. The van der Waals surface area contributed by atoms with E-state index in [2.05, 4.69) is 25.6 Å². The first-order valence-electron chi connectivity index (χ1n) is 5.28. The third kappa shape index (κ3) is 3.17. The van der Waals surface area contributed by atoms with Crippen molar-refractivity contribution in [2.45, 2.75) is 11.1 Å². The summed E-state index contributed by atoms with van der Waals surface area (Å²) < 4.78 is 27.4. The molecule has 2 aromatic heterocycles. The molecule has 0 bridgehead atoms. The van der Waals surface area contributed by atoms with Crippen molar-refractivity contribution in [2.24, 2.45) is 0 Å². The number of carbonyl (C=O) groups is 1. The van der Waals surface area contributed by atoms with Crippen LogP contribution in [0.1, 0.15) is 15.9 Å². The zero-order valence-corrected chi connectivity index (χ0v) is 13.3. The van der Waals surface area contributed by atoms with Crippen molar-refractivity contribution < 1.29 is 18.3 Å². The third-order valence-corrected chi connectivity index (χ3v) is 6.31. The van der Waals surface area contributed by atoms with Crippen LogP contribution in [0.3, 0.4) is 0 Å². The van der Waals surface area contributed by atoms with E-state index in [4.69, 9.17) is 5.11 Å². The van der Waals surface area contributed by atoms with E-state index in [-0.39, 0.29) is 15.6 Å². The van der Waals surface area contributed by atoms with Crippen LogP contribution in [0.2, 0.25) is 0 Å². The molecule has 0 aliphatic carbocycles. The minimum atomic E-state index is -3.72. The molecule has 0 fully saturated rings. The van der Waals surface area contributed by atoms with Gasteiger partial charge >= 0.3 is 5.97 Å². The Balaban J connectivity index is 2.26. The van der Waals surface area contributed by atoms with E-state index in [1.165, 1.54) is 12.1 Å². The molecule has 9 heteroatoms. The molecule has 0 atom stereocenters. The number of halogens is 1. The Morgan fingerprint density at radius 3 is 2.60 bits per heavy atom. The fourth-order valence-corrected chi connectivity index (χ4v) is 4.57. The highest BCUT2D eigenvalue weighted by atomic mass is 79.9. The number of carboxylic acid groups (broad SMARTS) is 1. The van der Waals surface area contributed by atoms with Gasteiger partial charge in [0.05, 0.1) is 9.35 Å². The van der Waals surface area contributed by atoms with E-state index < -0.39 is 16.0 Å². The lowest BCUT2D eigenvalue weighted by atomic mass is 10.3. The van der Waals surface area contributed by atoms with Gasteiger partial charge in [-0.1, -0.05) is 0 Å². The van der Waals surface area contributed by atoms with Crippen molar-refractivity contribution in [1.82, 2.24) is 4.98 Å². The average Bonchev–Trinajstić information content (AvgIpc) is 2.71. The summed E-state index contributed by atoms with van der Waals surface area (Å²) in [6.45, 7) is 1.79. The number of anilines is 1. The van der Waals surface area contributed by atoms with Gasteiger partial charge in [-0.3, -0.25) is 4.72 Å². The van der Waals surface area contributed by atoms with Crippen molar-refractivity contribution in [3.8, 4) is 0 Å². The third-order valence-electron chi connectivity index (χ3n) is 2.35. The first-order valence-corrected chi connectivity index (χ1v) is 8.37. The molecule has 2 rings (SSSR count). The van der Waals surface area contributed by atoms with Gasteiger partial charge in [0.2, 0.25) is 0 Å². The fraction of sp³-hybridized carbons (Fsp3) is 0.0909. The summed E-state index contributed by atoms with van der Waals surface area (Å²) in [5.74, 6) is -1.05. The molecule has 0 aliphatic heterocycles. The van der Waals surface area contributed by atoms with E-state index in [1.807, 2.05) is 0 Å². The highest BCUT2D eigenvalue weighted by Gasteiger charge is 2.19. The highest BCUT2D eigenvalue weighted by Crippen LogP contribution is 2.31. The molecular weight excluding hydrogens is 368 g/mol. The smallest absolute Gasteiger partial charge is 0.337 e. The Bertz CT molecular complexity index is 734. The minimum absolute atomic E-state index is 0.0114. The van der Waals surface area contributed by atoms with Gasteiger partial charge in [-0.05, 0) is 46.6 Å². The average molecular weight is 377 g/mol. The Kier molecular flexibility index (Phi) is 4.11. The number of hydrogen-bond acceptors (Lipinski definition) is 5.